The van der Waals surface area contributed by atoms with E-state index in [1.165, 1.54) is 32.1 Å². The summed E-state index contributed by atoms with van der Waals surface area (Å²) in [5.41, 5.74) is 0.511. The predicted octanol–water partition coefficient (Wildman–Crippen LogP) is 3.96. The van der Waals surface area contributed by atoms with Gasteiger partial charge in [0, 0.05) is 5.57 Å². The van der Waals surface area contributed by atoms with E-state index in [1.54, 1.807) is 6.92 Å². The maximum Gasteiger partial charge on any atom is 0.333 e. The monoisotopic (exact) mass is 262 g/mol. The highest BCUT2D eigenvalue weighted by molar-refractivity contribution is 5.87. The van der Waals surface area contributed by atoms with Gasteiger partial charge in [0.1, 0.15) is 0 Å². The van der Waals surface area contributed by atoms with Gasteiger partial charge >= 0.3 is 5.97 Å². The average Bonchev–Trinajstić information content (AvgIpc) is 2.32. The zero-order chi connectivity index (χ0) is 13.6. The first-order valence-electron chi connectivity index (χ1n) is 7.89. The second kappa shape index (κ2) is 4.96. The molecule has 4 aliphatic carbocycles. The van der Waals surface area contributed by atoms with Crippen molar-refractivity contribution in [1.29, 1.82) is 0 Å². The molecule has 0 saturated heterocycles. The molecule has 0 spiro atoms. The molecule has 2 nitrogen and oxygen atoms in total. The molecule has 0 heterocycles. The van der Waals surface area contributed by atoms with Crippen molar-refractivity contribution in [2.45, 2.75) is 58.5 Å². The van der Waals surface area contributed by atoms with Gasteiger partial charge < -0.3 is 4.74 Å². The lowest BCUT2D eigenvalue weighted by molar-refractivity contribution is -0.146. The van der Waals surface area contributed by atoms with Crippen LogP contribution in [0.1, 0.15) is 52.4 Å². The minimum absolute atomic E-state index is 0.0479. The number of ether oxygens (including phenoxy) is 1. The SMILES string of the molecule is C=C(C)C(=O)OC(C)CC1C2CC3CC(C2)CC1C3. The Morgan fingerprint density at radius 1 is 1.16 bits per heavy atom. The molecule has 1 unspecified atom stereocenters. The van der Waals surface area contributed by atoms with E-state index >= 15 is 0 Å². The van der Waals surface area contributed by atoms with Crippen LogP contribution in [-0.4, -0.2) is 12.1 Å². The number of carbonyl (C=O) groups excluding carboxylic acids is 1. The van der Waals surface area contributed by atoms with Gasteiger partial charge in [-0.25, -0.2) is 4.79 Å². The Balaban J connectivity index is 1.58. The predicted molar refractivity (Wildman–Crippen MR) is 75.5 cm³/mol. The van der Waals surface area contributed by atoms with Crippen LogP contribution in [0.4, 0.5) is 0 Å². The zero-order valence-corrected chi connectivity index (χ0v) is 12.2. The second-order valence-electron chi connectivity index (χ2n) is 7.33. The Bertz CT molecular complexity index is 357. The Hall–Kier alpha value is -0.790. The summed E-state index contributed by atoms with van der Waals surface area (Å²) in [6.45, 7) is 7.42. The summed E-state index contributed by atoms with van der Waals surface area (Å²) in [6.07, 6.45) is 8.38. The van der Waals surface area contributed by atoms with Gasteiger partial charge in [0.05, 0.1) is 6.10 Å². The van der Waals surface area contributed by atoms with Gasteiger partial charge in [-0.3, -0.25) is 0 Å². The van der Waals surface area contributed by atoms with E-state index in [4.69, 9.17) is 4.74 Å². The van der Waals surface area contributed by atoms with Crippen LogP contribution in [0.2, 0.25) is 0 Å². The summed E-state index contributed by atoms with van der Waals surface area (Å²) >= 11 is 0. The van der Waals surface area contributed by atoms with E-state index in [0.29, 0.717) is 5.57 Å². The third-order valence-corrected chi connectivity index (χ3v) is 5.68. The number of rotatable bonds is 4. The Kier molecular flexibility index (Phi) is 3.44. The molecule has 0 aromatic heterocycles. The van der Waals surface area contributed by atoms with Crippen molar-refractivity contribution < 1.29 is 9.53 Å². The van der Waals surface area contributed by atoms with Gasteiger partial charge in [0.15, 0.2) is 0 Å². The van der Waals surface area contributed by atoms with Gasteiger partial charge in [-0.2, -0.15) is 0 Å². The van der Waals surface area contributed by atoms with Crippen molar-refractivity contribution in [2.75, 3.05) is 0 Å². The fraction of sp³-hybridized carbons (Fsp3) is 0.824. The lowest BCUT2D eigenvalue weighted by Crippen LogP contribution is -2.46. The van der Waals surface area contributed by atoms with Crippen LogP contribution in [0.3, 0.4) is 0 Å². The van der Waals surface area contributed by atoms with Crippen LogP contribution >= 0.6 is 0 Å². The molecule has 2 heteroatoms. The van der Waals surface area contributed by atoms with Gasteiger partial charge in [-0.1, -0.05) is 6.58 Å². The van der Waals surface area contributed by atoms with Crippen LogP contribution in [0.5, 0.6) is 0 Å². The molecule has 0 aliphatic heterocycles. The smallest absolute Gasteiger partial charge is 0.333 e. The molecule has 1 atom stereocenters. The molecule has 4 rings (SSSR count). The van der Waals surface area contributed by atoms with Crippen LogP contribution in [0.15, 0.2) is 12.2 Å². The molecule has 106 valence electrons. The molecule has 4 aliphatic rings. The van der Waals surface area contributed by atoms with Gasteiger partial charge in [-0.05, 0) is 82.0 Å². The standard InChI is InChI=1S/C17H26O2/c1-10(2)17(18)19-11(3)4-16-14-6-12-5-13(8-14)9-15(16)7-12/h11-16H,1,4-9H2,2-3H3. The molecule has 0 aromatic rings. The lowest BCUT2D eigenvalue weighted by atomic mass is 9.51. The van der Waals surface area contributed by atoms with E-state index in [2.05, 4.69) is 6.58 Å². The highest BCUT2D eigenvalue weighted by Crippen LogP contribution is 2.57. The topological polar surface area (TPSA) is 26.3 Å². The van der Waals surface area contributed by atoms with E-state index < -0.39 is 0 Å². The first-order chi connectivity index (χ1) is 9.02. The molecule has 19 heavy (non-hydrogen) atoms. The first kappa shape index (κ1) is 13.2. The minimum atomic E-state index is -0.226. The molecule has 0 aromatic carbocycles. The molecule has 0 radical (unpaired) electrons. The van der Waals surface area contributed by atoms with Gasteiger partial charge in [0.25, 0.3) is 0 Å². The number of hydrogen-bond acceptors (Lipinski definition) is 2. The van der Waals surface area contributed by atoms with Crippen molar-refractivity contribution in [3.05, 3.63) is 12.2 Å². The van der Waals surface area contributed by atoms with Crippen molar-refractivity contribution in [3.63, 3.8) is 0 Å². The average molecular weight is 262 g/mol. The van der Waals surface area contributed by atoms with Crippen LogP contribution in [0, 0.1) is 29.6 Å². The number of hydrogen-bond donors (Lipinski definition) is 0. The van der Waals surface area contributed by atoms with Crippen molar-refractivity contribution in [3.8, 4) is 0 Å². The Morgan fingerprint density at radius 2 is 1.68 bits per heavy atom. The largest absolute Gasteiger partial charge is 0.459 e. The number of esters is 1. The van der Waals surface area contributed by atoms with Crippen LogP contribution in [-0.2, 0) is 9.53 Å². The Labute approximate surface area is 116 Å². The third-order valence-electron chi connectivity index (χ3n) is 5.68. The van der Waals surface area contributed by atoms with Gasteiger partial charge in [0.2, 0.25) is 0 Å². The van der Waals surface area contributed by atoms with Crippen molar-refractivity contribution in [2.24, 2.45) is 29.6 Å². The van der Waals surface area contributed by atoms with Crippen molar-refractivity contribution in [1.82, 2.24) is 0 Å². The summed E-state index contributed by atoms with van der Waals surface area (Å²) in [5, 5.41) is 0. The molecule has 0 N–H and O–H groups in total. The molecule has 4 fully saturated rings. The maximum atomic E-state index is 11.6. The Morgan fingerprint density at radius 3 is 2.16 bits per heavy atom. The summed E-state index contributed by atoms with van der Waals surface area (Å²) in [7, 11) is 0. The quantitative estimate of drug-likeness (QED) is 0.566. The normalized spacial score (nSPS) is 41.1. The summed E-state index contributed by atoms with van der Waals surface area (Å²) in [6, 6.07) is 0. The second-order valence-corrected chi connectivity index (χ2v) is 7.33. The third kappa shape index (κ3) is 2.59. The highest BCUT2D eigenvalue weighted by Gasteiger charge is 2.48. The van der Waals surface area contributed by atoms with E-state index in [-0.39, 0.29) is 12.1 Å². The van der Waals surface area contributed by atoms with Crippen molar-refractivity contribution >= 4 is 5.97 Å². The molecule has 4 saturated carbocycles. The molecule has 0 amide bonds. The summed E-state index contributed by atoms with van der Waals surface area (Å²) in [5.74, 6) is 4.46. The first-order valence-corrected chi connectivity index (χ1v) is 7.89. The highest BCUT2D eigenvalue weighted by atomic mass is 16.5. The fourth-order valence-electron chi connectivity index (χ4n) is 5.14. The fourth-order valence-corrected chi connectivity index (χ4v) is 5.14. The van der Waals surface area contributed by atoms with Crippen LogP contribution < -0.4 is 0 Å². The van der Waals surface area contributed by atoms with E-state index in [0.717, 1.165) is 36.0 Å². The van der Waals surface area contributed by atoms with E-state index in [1.807, 2.05) is 6.92 Å². The lowest BCUT2D eigenvalue weighted by Gasteiger charge is -2.55. The van der Waals surface area contributed by atoms with Crippen LogP contribution in [0.25, 0.3) is 0 Å². The number of carbonyl (C=O) groups is 1. The van der Waals surface area contributed by atoms with E-state index in [9.17, 15) is 4.79 Å². The summed E-state index contributed by atoms with van der Waals surface area (Å²) < 4.78 is 5.48. The molecular weight excluding hydrogens is 236 g/mol. The minimum Gasteiger partial charge on any atom is -0.459 e. The maximum absolute atomic E-state index is 11.6. The molecule has 4 bridgehead atoms. The van der Waals surface area contributed by atoms with Gasteiger partial charge in [-0.15, -0.1) is 0 Å². The summed E-state index contributed by atoms with van der Waals surface area (Å²) in [4.78, 5) is 11.6. The zero-order valence-electron chi connectivity index (χ0n) is 12.2. The molecular formula is C17H26O2.